The Morgan fingerprint density at radius 1 is 1.40 bits per heavy atom. The fourth-order valence-electron chi connectivity index (χ4n) is 0. The van der Waals surface area contributed by atoms with Crippen molar-refractivity contribution in [1.29, 1.82) is 0 Å². The van der Waals surface area contributed by atoms with Crippen molar-refractivity contribution in [3.8, 4) is 0 Å². The van der Waals surface area contributed by atoms with E-state index in [1.807, 2.05) is 0 Å². The van der Waals surface area contributed by atoms with E-state index in [0.717, 1.165) is 14.0 Å². The zero-order valence-corrected chi connectivity index (χ0v) is 7.48. The van der Waals surface area contributed by atoms with Gasteiger partial charge in [-0.2, -0.15) is 0 Å². The van der Waals surface area contributed by atoms with Crippen LogP contribution in [0.4, 0.5) is 0 Å². The molecule has 10 heavy (non-hydrogen) atoms. The Bertz CT molecular complexity index is 49.8. The van der Waals surface area contributed by atoms with Crippen LogP contribution in [-0.2, 0) is 4.79 Å². The number of carbonyl (C=O) groups is 1. The fourth-order valence-corrected chi connectivity index (χ4v) is 0. The number of hydrogen-bond donors (Lipinski definition) is 3. The fraction of sp³-hybridized carbons (Fsp3) is 0.750. The molecule has 0 fully saturated rings. The molecule has 0 saturated carbocycles. The van der Waals surface area contributed by atoms with E-state index in [1.165, 1.54) is 0 Å². The second kappa shape index (κ2) is 36.2. The number of aliphatic hydroxyl groups excluding tert-OH is 1. The second-order valence-corrected chi connectivity index (χ2v) is 1.43. The Morgan fingerprint density at radius 3 is 1.40 bits per heavy atom. The minimum absolute atomic E-state index is 0. The lowest BCUT2D eigenvalue weighted by molar-refractivity contribution is -0.134. The van der Waals surface area contributed by atoms with Gasteiger partial charge in [0.05, 0.1) is 5.34 Å². The maximum absolute atomic E-state index is 9.00. The third-order valence-electron chi connectivity index (χ3n) is 0. The highest BCUT2D eigenvalue weighted by molar-refractivity contribution is 6.40. The molecule has 0 aromatic heterocycles. The van der Waals surface area contributed by atoms with Crippen LogP contribution in [0.3, 0.4) is 0 Å². The Kier molecular flexibility index (Phi) is 81.4. The van der Waals surface area contributed by atoms with Gasteiger partial charge in [-0.15, -0.1) is 23.2 Å². The quantitative estimate of drug-likeness (QED) is 0.506. The summed E-state index contributed by atoms with van der Waals surface area (Å²) in [6, 6.07) is 0. The Labute approximate surface area is 70.3 Å². The first-order chi connectivity index (χ1) is 4.15. The number of rotatable bonds is 0. The maximum Gasteiger partial charge on any atom is 0.300 e. The summed E-state index contributed by atoms with van der Waals surface area (Å²) in [5.74, 6) is -0.833. The van der Waals surface area contributed by atoms with Gasteiger partial charge in [-0.25, -0.2) is 0 Å². The lowest BCUT2D eigenvalue weighted by Gasteiger charge is -1.59. The molecule has 0 radical (unpaired) electrons. The highest BCUT2D eigenvalue weighted by Gasteiger charge is 1.65. The number of carboxylic acids is 1. The molecule has 0 rings (SSSR count). The summed E-state index contributed by atoms with van der Waals surface area (Å²) < 4.78 is 0. The zero-order valence-electron chi connectivity index (χ0n) is 5.97. The van der Waals surface area contributed by atoms with E-state index >= 15 is 0 Å². The van der Waals surface area contributed by atoms with Crippen molar-refractivity contribution in [2.45, 2.75) is 6.92 Å². The Hall–Kier alpha value is -0.0300. The third-order valence-corrected chi connectivity index (χ3v) is 0. The Morgan fingerprint density at radius 2 is 1.40 bits per heavy atom. The zero-order chi connectivity index (χ0) is 8.28. The van der Waals surface area contributed by atoms with Crippen LogP contribution >= 0.6 is 23.2 Å². The molecule has 0 spiro atoms. The minimum atomic E-state index is -0.833. The van der Waals surface area contributed by atoms with Crippen LogP contribution in [0, 0.1) is 0 Å². The average Bonchev–Trinajstić information content (AvgIpc) is 1.71. The SMILES string of the molecule is CC(=O)O.CO.ClCCl.N. The molecule has 0 aromatic rings. The molecule has 4 nitrogen and oxygen atoms in total. The summed E-state index contributed by atoms with van der Waals surface area (Å²) >= 11 is 9.53. The molecule has 5 N–H and O–H groups in total. The lowest BCUT2D eigenvalue weighted by Crippen LogP contribution is -1.78. The van der Waals surface area contributed by atoms with Crippen LogP contribution in [0.2, 0.25) is 0 Å². The largest absolute Gasteiger partial charge is 0.481 e. The summed E-state index contributed by atoms with van der Waals surface area (Å²) in [5.41, 5.74) is 0. The van der Waals surface area contributed by atoms with Crippen molar-refractivity contribution in [2.24, 2.45) is 0 Å². The summed E-state index contributed by atoms with van der Waals surface area (Å²) in [7, 11) is 1.00. The van der Waals surface area contributed by atoms with Gasteiger partial charge in [-0.3, -0.25) is 4.79 Å². The van der Waals surface area contributed by atoms with Crippen molar-refractivity contribution in [2.75, 3.05) is 12.4 Å². The number of alkyl halides is 2. The number of aliphatic carboxylic acids is 1. The predicted molar refractivity (Wildman–Crippen MR) is 43.0 cm³/mol. The van der Waals surface area contributed by atoms with E-state index in [-0.39, 0.29) is 11.5 Å². The first kappa shape index (κ1) is 22.5. The molecule has 0 aromatic carbocycles. The Balaban J connectivity index is -0.0000000273. The number of carboxylic acid groups (broad SMARTS) is 1. The van der Waals surface area contributed by atoms with Crippen molar-refractivity contribution in [3.63, 3.8) is 0 Å². The van der Waals surface area contributed by atoms with Gasteiger partial charge >= 0.3 is 0 Å². The van der Waals surface area contributed by atoms with Crippen molar-refractivity contribution >= 4 is 29.2 Å². The molecule has 0 unspecified atom stereocenters. The van der Waals surface area contributed by atoms with Gasteiger partial charge in [-0.1, -0.05) is 0 Å². The number of hydrogen-bond acceptors (Lipinski definition) is 3. The van der Waals surface area contributed by atoms with Gasteiger partial charge in [-0.05, 0) is 0 Å². The van der Waals surface area contributed by atoms with Crippen LogP contribution in [0.1, 0.15) is 6.92 Å². The average molecular weight is 194 g/mol. The van der Waals surface area contributed by atoms with Gasteiger partial charge < -0.3 is 16.4 Å². The van der Waals surface area contributed by atoms with E-state index in [2.05, 4.69) is 0 Å². The number of aliphatic hydroxyl groups is 1. The third kappa shape index (κ3) is 430000. The van der Waals surface area contributed by atoms with Crippen molar-refractivity contribution in [3.05, 3.63) is 0 Å². The maximum atomic E-state index is 9.00. The molecule has 0 saturated heterocycles. The first-order valence-corrected chi connectivity index (χ1v) is 2.98. The van der Waals surface area contributed by atoms with Gasteiger partial charge in [0.15, 0.2) is 0 Å². The van der Waals surface area contributed by atoms with Crippen molar-refractivity contribution < 1.29 is 15.0 Å². The summed E-state index contributed by atoms with van der Waals surface area (Å²) in [6.45, 7) is 1.08. The van der Waals surface area contributed by atoms with Gasteiger partial charge in [0.25, 0.3) is 5.97 Å². The van der Waals surface area contributed by atoms with Gasteiger partial charge in [0, 0.05) is 14.0 Å². The molecule has 0 aliphatic rings. The second-order valence-electron chi connectivity index (χ2n) is 0.620. The van der Waals surface area contributed by atoms with Crippen LogP contribution in [0.15, 0.2) is 0 Å². The monoisotopic (exact) mass is 193 g/mol. The van der Waals surface area contributed by atoms with Crippen LogP contribution in [0.25, 0.3) is 0 Å². The van der Waals surface area contributed by atoms with E-state index < -0.39 is 5.97 Å². The van der Waals surface area contributed by atoms with E-state index in [9.17, 15) is 0 Å². The molecule has 0 atom stereocenters. The van der Waals surface area contributed by atoms with E-state index in [1.54, 1.807) is 0 Å². The molecule has 66 valence electrons. The summed E-state index contributed by atoms with van der Waals surface area (Å²) in [4.78, 5) is 9.00. The van der Waals surface area contributed by atoms with Crippen LogP contribution in [0.5, 0.6) is 0 Å². The molecular formula is C4H13Cl2NO3. The molecular weight excluding hydrogens is 181 g/mol. The highest BCUT2D eigenvalue weighted by Crippen LogP contribution is 1.73. The topological polar surface area (TPSA) is 92.5 Å². The normalized spacial score (nSPS) is 4.90. The molecule has 0 aliphatic carbocycles. The van der Waals surface area contributed by atoms with Gasteiger partial charge in [0.2, 0.25) is 0 Å². The molecule has 0 bridgehead atoms. The van der Waals surface area contributed by atoms with Crippen LogP contribution in [-0.4, -0.2) is 28.6 Å². The minimum Gasteiger partial charge on any atom is -0.481 e. The number of halogens is 2. The summed E-state index contributed by atoms with van der Waals surface area (Å²) in [5, 5.41) is 14.6. The van der Waals surface area contributed by atoms with Crippen molar-refractivity contribution in [1.82, 2.24) is 6.15 Å². The lowest BCUT2D eigenvalue weighted by atomic mass is 10.9. The molecule has 0 amide bonds. The predicted octanol–water partition coefficient (Wildman–Crippen LogP) is 1.28. The highest BCUT2D eigenvalue weighted by atomic mass is 35.5. The smallest absolute Gasteiger partial charge is 0.300 e. The standard InChI is InChI=1S/C2H4O2.CH2Cl2.CH4O.H3N/c1-2(3)4;2-1-3;1-2;/h1H3,(H,3,4);1H2;2H,1H3;1H3. The first-order valence-electron chi connectivity index (χ1n) is 1.91. The van der Waals surface area contributed by atoms with Crippen LogP contribution < -0.4 is 6.15 Å². The molecule has 0 heterocycles. The van der Waals surface area contributed by atoms with E-state index in [4.69, 9.17) is 38.2 Å². The van der Waals surface area contributed by atoms with E-state index in [0.29, 0.717) is 0 Å². The summed E-state index contributed by atoms with van der Waals surface area (Å²) in [6.07, 6.45) is 0. The molecule has 6 heteroatoms. The molecule has 0 aliphatic heterocycles. The van der Waals surface area contributed by atoms with Gasteiger partial charge in [0.1, 0.15) is 0 Å².